The largest absolute Gasteiger partial charge is 0.0654 e. The molecular weight excluding hydrogens is 456 g/mol. The first-order chi connectivity index (χ1) is 18.0. The van der Waals surface area contributed by atoms with Gasteiger partial charge in [0.1, 0.15) is 0 Å². The molecule has 6 bridgehead atoms. The van der Waals surface area contributed by atoms with Crippen LogP contribution in [0, 0.1) is 110 Å². The molecule has 9 fully saturated rings. The van der Waals surface area contributed by atoms with Crippen LogP contribution in [0.3, 0.4) is 0 Å². The molecule has 0 aliphatic heterocycles. The minimum Gasteiger partial charge on any atom is -0.0654 e. The summed E-state index contributed by atoms with van der Waals surface area (Å²) in [7, 11) is 0. The van der Waals surface area contributed by atoms with Gasteiger partial charge in [-0.2, -0.15) is 0 Å². The van der Waals surface area contributed by atoms with Crippen LogP contribution in [0.15, 0.2) is 0 Å². The van der Waals surface area contributed by atoms with E-state index in [4.69, 9.17) is 0 Å². The Kier molecular flexibility index (Phi) is 4.94. The minimum atomic E-state index is 0.581. The first-order valence-electron chi connectivity index (χ1n) is 18.0. The summed E-state index contributed by atoms with van der Waals surface area (Å²) in [5.41, 5.74) is 3.08. The molecule has 0 N–H and O–H groups in total. The molecule has 19 atom stereocenters. The van der Waals surface area contributed by atoms with Gasteiger partial charge in [0.15, 0.2) is 0 Å². The van der Waals surface area contributed by atoms with Crippen LogP contribution in [-0.2, 0) is 0 Å². The van der Waals surface area contributed by atoms with Crippen LogP contribution in [0.5, 0.6) is 0 Å². The summed E-state index contributed by atoms with van der Waals surface area (Å²) in [6.07, 6.45) is 13.9. The molecule has 0 aromatic heterocycles. The molecule has 9 rings (SSSR count). The summed E-state index contributed by atoms with van der Waals surface area (Å²) in [6.45, 7) is 27.8. The Balaban J connectivity index is 1.52. The average molecular weight is 519 g/mol. The van der Waals surface area contributed by atoms with Crippen LogP contribution < -0.4 is 0 Å². The molecule has 0 aromatic rings. The van der Waals surface area contributed by atoms with Crippen molar-refractivity contribution in [2.45, 2.75) is 127 Å². The summed E-state index contributed by atoms with van der Waals surface area (Å²) in [6, 6.07) is 0. The second-order valence-electron chi connectivity index (χ2n) is 18.2. The lowest BCUT2D eigenvalue weighted by molar-refractivity contribution is -0.357. The maximum absolute atomic E-state index is 2.89. The van der Waals surface area contributed by atoms with Gasteiger partial charge in [0.05, 0.1) is 0 Å². The van der Waals surface area contributed by atoms with Crippen molar-refractivity contribution in [3.63, 3.8) is 0 Å². The third-order valence-electron chi connectivity index (χ3n) is 19.1. The SMILES string of the molecule is CCCC12C(C)CC3(C)C4C(C)C(C)C5(CCC)C(C)C(C)C6(CC7C6C6CCCC75C4C3C61)C(C)C2C. The highest BCUT2D eigenvalue weighted by Crippen LogP contribution is 2.94. The Morgan fingerprint density at radius 1 is 0.658 bits per heavy atom. The molecule has 0 radical (unpaired) electrons. The predicted octanol–water partition coefficient (Wildman–Crippen LogP) is 10.4. The topological polar surface area (TPSA) is 0 Å². The van der Waals surface area contributed by atoms with Gasteiger partial charge in [-0.25, -0.2) is 0 Å². The molecule has 0 amide bonds. The first-order valence-corrected chi connectivity index (χ1v) is 18.0. The normalized spacial score (nSPS) is 70.3. The maximum atomic E-state index is 2.89. The van der Waals surface area contributed by atoms with Gasteiger partial charge in [-0.3, -0.25) is 0 Å². The van der Waals surface area contributed by atoms with Gasteiger partial charge < -0.3 is 0 Å². The Hall–Kier alpha value is 0. The fourth-order valence-electron chi connectivity index (χ4n) is 18.8. The lowest BCUT2D eigenvalue weighted by Gasteiger charge is -2.83. The molecule has 0 nitrogen and oxygen atoms in total. The summed E-state index contributed by atoms with van der Waals surface area (Å²) >= 11 is 0. The van der Waals surface area contributed by atoms with E-state index in [1.807, 2.05) is 0 Å². The molecule has 9 saturated carbocycles. The van der Waals surface area contributed by atoms with Crippen molar-refractivity contribution in [1.29, 1.82) is 0 Å². The van der Waals surface area contributed by atoms with E-state index in [0.29, 0.717) is 27.1 Å². The molecule has 0 heterocycles. The van der Waals surface area contributed by atoms with Crippen molar-refractivity contribution in [1.82, 2.24) is 0 Å². The highest BCUT2D eigenvalue weighted by atomic mass is 14.9. The van der Waals surface area contributed by atoms with E-state index in [9.17, 15) is 0 Å². The fraction of sp³-hybridized carbons (Fsp3) is 1.00. The predicted molar refractivity (Wildman–Crippen MR) is 159 cm³/mol. The summed E-state index contributed by atoms with van der Waals surface area (Å²) in [5, 5.41) is 0. The van der Waals surface area contributed by atoms with Crippen LogP contribution >= 0.6 is 0 Å². The van der Waals surface area contributed by atoms with Crippen molar-refractivity contribution < 1.29 is 0 Å². The van der Waals surface area contributed by atoms with E-state index in [-0.39, 0.29) is 0 Å². The van der Waals surface area contributed by atoms with Crippen LogP contribution in [0.25, 0.3) is 0 Å². The molecule has 0 aromatic carbocycles. The van der Waals surface area contributed by atoms with Gasteiger partial charge in [0.25, 0.3) is 0 Å². The van der Waals surface area contributed by atoms with E-state index >= 15 is 0 Å². The smallest absolute Gasteiger partial charge is 0.0170 e. The van der Waals surface area contributed by atoms with E-state index in [1.165, 1.54) is 25.7 Å². The second kappa shape index (κ2) is 7.31. The molecular formula is C38H62. The van der Waals surface area contributed by atoms with Gasteiger partial charge in [-0.1, -0.05) is 88.5 Å². The van der Waals surface area contributed by atoms with Crippen molar-refractivity contribution in [3.8, 4) is 0 Å². The summed E-state index contributed by atoms with van der Waals surface area (Å²) < 4.78 is 0. The zero-order valence-electron chi connectivity index (χ0n) is 26.9. The van der Waals surface area contributed by atoms with Gasteiger partial charge in [0.2, 0.25) is 0 Å². The summed E-state index contributed by atoms with van der Waals surface area (Å²) in [4.78, 5) is 0. The van der Waals surface area contributed by atoms with Gasteiger partial charge in [-0.05, 0) is 148 Å². The Labute approximate surface area is 236 Å². The molecule has 38 heavy (non-hydrogen) atoms. The standard InChI is InChI=1S/C38H62/c1-11-15-35-20(3)18-34(10)29-21(4)22(5)37(16-12-2)26(9)25(8)36(24(7)23(35)6)19-28-30(36)27-14-13-17-38(28,37)33(29)32(34)31(27)35/h20-33H,11-19H2,1-10H3. The molecule has 9 aliphatic rings. The highest BCUT2D eigenvalue weighted by Gasteiger charge is 2.89. The van der Waals surface area contributed by atoms with Crippen LogP contribution in [0.4, 0.5) is 0 Å². The van der Waals surface area contributed by atoms with Crippen molar-refractivity contribution in [2.75, 3.05) is 0 Å². The minimum absolute atomic E-state index is 0.581. The maximum Gasteiger partial charge on any atom is -0.0170 e. The zero-order chi connectivity index (χ0) is 26.9. The van der Waals surface area contributed by atoms with E-state index < -0.39 is 0 Å². The third-order valence-corrected chi connectivity index (χ3v) is 19.1. The first kappa shape index (κ1) is 25.7. The van der Waals surface area contributed by atoms with Gasteiger partial charge in [-0.15, -0.1) is 0 Å². The quantitative estimate of drug-likeness (QED) is 0.347. The number of hydrogen-bond donors (Lipinski definition) is 0. The van der Waals surface area contributed by atoms with Gasteiger partial charge >= 0.3 is 0 Å². The molecule has 9 aliphatic carbocycles. The lowest BCUT2D eigenvalue weighted by atomic mass is 9.21. The molecule has 0 heteroatoms. The monoisotopic (exact) mass is 518 g/mol. The number of rotatable bonds is 4. The number of fused-ring (bicyclic) bond motifs is 2. The Morgan fingerprint density at radius 3 is 2.03 bits per heavy atom. The Morgan fingerprint density at radius 2 is 1.34 bits per heavy atom. The van der Waals surface area contributed by atoms with Crippen molar-refractivity contribution >= 4 is 0 Å². The lowest BCUT2D eigenvalue weighted by Crippen LogP contribution is -2.78. The molecule has 0 saturated heterocycles. The fourth-order valence-corrected chi connectivity index (χ4v) is 18.8. The van der Waals surface area contributed by atoms with E-state index in [0.717, 1.165) is 82.9 Å². The van der Waals surface area contributed by atoms with Crippen LogP contribution in [0.1, 0.15) is 127 Å². The Bertz CT molecular complexity index is 1030. The molecule has 2 spiro atoms. The van der Waals surface area contributed by atoms with Crippen molar-refractivity contribution in [3.05, 3.63) is 0 Å². The highest BCUT2D eigenvalue weighted by molar-refractivity contribution is 5.36. The molecule has 214 valence electrons. The average Bonchev–Trinajstić information content (AvgIpc) is 3.10. The molecule has 19 unspecified atom stereocenters. The van der Waals surface area contributed by atoms with E-state index in [2.05, 4.69) is 69.2 Å². The van der Waals surface area contributed by atoms with Crippen molar-refractivity contribution in [2.24, 2.45) is 110 Å². The number of hydrogen-bond acceptors (Lipinski definition) is 0. The van der Waals surface area contributed by atoms with Crippen LogP contribution in [-0.4, -0.2) is 0 Å². The zero-order valence-corrected chi connectivity index (χ0v) is 26.9. The third kappa shape index (κ3) is 2.07. The van der Waals surface area contributed by atoms with E-state index in [1.54, 1.807) is 32.1 Å². The van der Waals surface area contributed by atoms with Gasteiger partial charge in [0, 0.05) is 0 Å². The summed E-state index contributed by atoms with van der Waals surface area (Å²) in [5.74, 6) is 13.6. The second-order valence-corrected chi connectivity index (χ2v) is 18.2. The van der Waals surface area contributed by atoms with Crippen LogP contribution in [0.2, 0.25) is 0 Å².